The molecular formula is C69H103ClO8S. The fourth-order valence-corrected chi connectivity index (χ4v) is 11.1. The van der Waals surface area contributed by atoms with Crippen LogP contribution in [0.4, 0.5) is 0 Å². The van der Waals surface area contributed by atoms with Crippen molar-refractivity contribution < 1.29 is 36.8 Å². The predicted molar refractivity (Wildman–Crippen MR) is 337 cm³/mol. The number of ether oxygens (including phenoxy) is 6. The predicted octanol–water partition coefficient (Wildman–Crippen LogP) is 20.1. The van der Waals surface area contributed by atoms with E-state index in [1.165, 1.54) is 65.2 Å². The molecule has 10 heteroatoms. The van der Waals surface area contributed by atoms with E-state index in [-0.39, 0.29) is 24.9 Å². The molecule has 0 saturated carbocycles. The largest absolute Gasteiger partial charge is 0.490 e. The van der Waals surface area contributed by atoms with Crippen molar-refractivity contribution in [3.63, 3.8) is 0 Å². The van der Waals surface area contributed by atoms with Crippen molar-refractivity contribution in [2.75, 3.05) is 42.0 Å². The third kappa shape index (κ3) is 28.5. The highest BCUT2D eigenvalue weighted by Gasteiger charge is 2.28. The van der Waals surface area contributed by atoms with E-state index in [0.717, 1.165) is 119 Å². The van der Waals surface area contributed by atoms with Crippen molar-refractivity contribution in [1.29, 1.82) is 0 Å². The zero-order chi connectivity index (χ0) is 58.8. The summed E-state index contributed by atoms with van der Waals surface area (Å²) in [6, 6.07) is 6.41. The van der Waals surface area contributed by atoms with E-state index in [2.05, 4.69) is 111 Å². The first-order valence-electron chi connectivity index (χ1n) is 28.7. The molecule has 79 heavy (non-hydrogen) atoms. The van der Waals surface area contributed by atoms with E-state index in [9.17, 15) is 8.42 Å². The average Bonchev–Trinajstić information content (AvgIpc) is 3.41. The molecule has 0 heterocycles. The van der Waals surface area contributed by atoms with Gasteiger partial charge in [0.1, 0.15) is 0 Å². The smallest absolute Gasteiger partial charge is 0.207 e. The van der Waals surface area contributed by atoms with Crippen LogP contribution < -0.4 is 18.9 Å². The normalized spacial score (nSPS) is 14.2. The molecule has 0 aliphatic carbocycles. The van der Waals surface area contributed by atoms with Crippen LogP contribution in [0.2, 0.25) is 5.02 Å². The van der Waals surface area contributed by atoms with Crippen LogP contribution in [0.25, 0.3) is 0 Å². The lowest BCUT2D eigenvalue weighted by atomic mass is 9.99. The van der Waals surface area contributed by atoms with Gasteiger partial charge in [-0.1, -0.05) is 128 Å². The van der Waals surface area contributed by atoms with Crippen LogP contribution in [0.5, 0.6) is 23.0 Å². The first-order chi connectivity index (χ1) is 37.7. The lowest BCUT2D eigenvalue weighted by Gasteiger charge is -2.23. The molecule has 0 aromatic heterocycles. The molecule has 0 N–H and O–H groups in total. The zero-order valence-electron chi connectivity index (χ0n) is 51.9. The Kier molecular flexibility index (Phi) is 35.2. The molecule has 1 unspecified atom stereocenters. The molecule has 0 aliphatic rings. The van der Waals surface area contributed by atoms with Crippen molar-refractivity contribution in [3.8, 4) is 23.0 Å². The van der Waals surface area contributed by atoms with Gasteiger partial charge >= 0.3 is 0 Å². The fourth-order valence-electron chi connectivity index (χ4n) is 9.26. The summed E-state index contributed by atoms with van der Waals surface area (Å²) in [6.45, 7) is 26.1. The van der Waals surface area contributed by atoms with Crippen molar-refractivity contribution >= 4 is 21.4 Å². The number of methoxy groups -OCH3 is 4. The molecule has 2 aromatic rings. The summed E-state index contributed by atoms with van der Waals surface area (Å²) in [5, 5.41) is -0.315. The SMILES string of the molecule is COCOc1c(C)c(C/C=C(\C)CC(/C=C(\C)CC/C=C(\C)CC/C=C(\C)CC/C=C(\C)CC/C=C(\C)CC/C=C(\C)CC/C=C(\C)CC/C=C(\C)CCC=C(C)C)S(=O)(=O)c2ccc(Cl)cc2)c(OCOC)c(OC)c1OC. The summed E-state index contributed by atoms with van der Waals surface area (Å²) < 4.78 is 62.6. The standard InChI is InChI=1S/C69H103ClO8S/c1-51(2)25-17-26-52(3)27-18-28-53(4)29-19-30-54(5)31-20-32-55(6)33-21-34-56(7)35-22-36-57(8)37-23-38-58(9)39-24-40-59(10)47-64(79(71,72)63-44-42-62(70)43-45-63)48-60(11)41-46-65-61(12)66(77-49-73-13)68(75-15)69(76-16)67(65)78-50-74-14/h25,27,29,31,33,35,37,39,41-45,47,64H,17-24,26,28,30,32,34,36,38,40,46,48-50H2,1-16H3/b52-27+,53-29+,54-31+,55-33+,56-35+,57-37+,58-39+,59-47+,60-41+. The molecule has 2 rings (SSSR count). The Bertz CT molecular complexity index is 2590. The lowest BCUT2D eigenvalue weighted by Crippen LogP contribution is -2.20. The highest BCUT2D eigenvalue weighted by Crippen LogP contribution is 2.50. The maximum absolute atomic E-state index is 14.3. The van der Waals surface area contributed by atoms with Crippen molar-refractivity contribution in [3.05, 3.63) is 157 Å². The van der Waals surface area contributed by atoms with Crippen LogP contribution >= 0.6 is 11.6 Å². The van der Waals surface area contributed by atoms with Gasteiger partial charge in [-0.05, 0) is 223 Å². The maximum atomic E-state index is 14.3. The van der Waals surface area contributed by atoms with Crippen LogP contribution in [0.3, 0.4) is 0 Å². The summed E-state index contributed by atoms with van der Waals surface area (Å²) in [4.78, 5) is 0.235. The second-order valence-corrected chi connectivity index (χ2v) is 24.5. The molecule has 0 saturated heterocycles. The second-order valence-electron chi connectivity index (χ2n) is 21.9. The summed E-state index contributed by atoms with van der Waals surface area (Å²) >= 11 is 6.19. The quantitative estimate of drug-likeness (QED) is 0.0483. The molecule has 8 nitrogen and oxygen atoms in total. The summed E-state index contributed by atoms with van der Waals surface area (Å²) in [6.07, 6.45) is 40.9. The van der Waals surface area contributed by atoms with Gasteiger partial charge in [-0.3, -0.25) is 0 Å². The van der Waals surface area contributed by atoms with Crippen molar-refractivity contribution in [1.82, 2.24) is 0 Å². The molecule has 0 spiro atoms. The van der Waals surface area contributed by atoms with E-state index in [0.29, 0.717) is 34.4 Å². The van der Waals surface area contributed by atoms with Gasteiger partial charge < -0.3 is 28.4 Å². The van der Waals surface area contributed by atoms with Crippen LogP contribution in [-0.2, 0) is 25.7 Å². The summed E-state index contributed by atoms with van der Waals surface area (Å²) in [5.41, 5.74) is 15.1. The van der Waals surface area contributed by atoms with Gasteiger partial charge in [0.2, 0.25) is 11.5 Å². The minimum Gasteiger partial charge on any atom is -0.490 e. The summed E-state index contributed by atoms with van der Waals surface area (Å²) in [7, 11) is 2.40. The Balaban J connectivity index is 1.95. The molecule has 1 atom stereocenters. The number of halogens is 1. The van der Waals surface area contributed by atoms with Gasteiger partial charge in [0.15, 0.2) is 34.9 Å². The first-order valence-corrected chi connectivity index (χ1v) is 30.7. The molecule has 0 bridgehead atoms. The monoisotopic (exact) mass is 1130 g/mol. The Hall–Kier alpha value is -4.80. The maximum Gasteiger partial charge on any atom is 0.207 e. The van der Waals surface area contributed by atoms with Crippen LogP contribution in [0, 0.1) is 6.92 Å². The van der Waals surface area contributed by atoms with Gasteiger partial charge in [-0.15, -0.1) is 0 Å². The zero-order valence-corrected chi connectivity index (χ0v) is 53.4. The van der Waals surface area contributed by atoms with Gasteiger partial charge in [0.25, 0.3) is 0 Å². The molecular weight excluding hydrogens is 1020 g/mol. The second kappa shape index (κ2) is 39.6. The van der Waals surface area contributed by atoms with E-state index in [4.69, 9.17) is 40.0 Å². The molecule has 0 amide bonds. The average molecular weight is 1130 g/mol. The Labute approximate surface area is 486 Å². The molecule has 0 aliphatic heterocycles. The highest BCUT2D eigenvalue weighted by atomic mass is 35.5. The first kappa shape index (κ1) is 70.3. The lowest BCUT2D eigenvalue weighted by molar-refractivity contribution is 0.0439. The minimum absolute atomic E-state index is 0.00203. The van der Waals surface area contributed by atoms with E-state index >= 15 is 0 Å². The number of allylic oxidation sites excluding steroid dienone is 19. The van der Waals surface area contributed by atoms with Crippen LogP contribution in [-0.4, -0.2) is 55.7 Å². The topological polar surface area (TPSA) is 89.5 Å². The number of sulfone groups is 1. The van der Waals surface area contributed by atoms with Gasteiger partial charge in [0, 0.05) is 30.4 Å². The molecule has 0 radical (unpaired) electrons. The Morgan fingerprint density at radius 1 is 0.456 bits per heavy atom. The van der Waals surface area contributed by atoms with Crippen LogP contribution in [0.15, 0.2) is 146 Å². The summed E-state index contributed by atoms with van der Waals surface area (Å²) in [5.74, 6) is 1.66. The third-order valence-electron chi connectivity index (χ3n) is 14.2. The Morgan fingerprint density at radius 2 is 0.797 bits per heavy atom. The number of hydrogen-bond acceptors (Lipinski definition) is 8. The van der Waals surface area contributed by atoms with Crippen molar-refractivity contribution in [2.24, 2.45) is 0 Å². The van der Waals surface area contributed by atoms with Crippen molar-refractivity contribution in [2.45, 2.75) is 209 Å². The number of rotatable bonds is 39. The highest BCUT2D eigenvalue weighted by molar-refractivity contribution is 7.92. The van der Waals surface area contributed by atoms with E-state index in [1.54, 1.807) is 38.5 Å². The van der Waals surface area contributed by atoms with Gasteiger partial charge in [-0.25, -0.2) is 8.42 Å². The number of hydrogen-bond donors (Lipinski definition) is 0. The molecule has 0 fully saturated rings. The van der Waals surface area contributed by atoms with Gasteiger partial charge in [0.05, 0.1) is 24.4 Å². The Morgan fingerprint density at radius 3 is 1.15 bits per heavy atom. The van der Waals surface area contributed by atoms with E-state index in [1.807, 2.05) is 32.9 Å². The fraction of sp³-hybridized carbons (Fsp3) is 0.536. The van der Waals surface area contributed by atoms with E-state index < -0.39 is 15.1 Å². The molecule has 440 valence electrons. The minimum atomic E-state index is -3.77. The third-order valence-corrected chi connectivity index (χ3v) is 16.5. The van der Waals surface area contributed by atoms with Gasteiger partial charge in [-0.2, -0.15) is 0 Å². The number of benzene rings is 2. The van der Waals surface area contributed by atoms with Crippen LogP contribution in [0.1, 0.15) is 196 Å². The molecule has 2 aromatic carbocycles.